The van der Waals surface area contributed by atoms with E-state index in [1.165, 1.54) is 12.1 Å². The monoisotopic (exact) mass is 534 g/mol. The average Bonchev–Trinajstić information content (AvgIpc) is 3.38. The Hall–Kier alpha value is -1.45. The van der Waals surface area contributed by atoms with Crippen molar-refractivity contribution in [1.29, 1.82) is 0 Å². The van der Waals surface area contributed by atoms with Crippen LogP contribution in [0.15, 0.2) is 23.2 Å². The highest BCUT2D eigenvalue weighted by Crippen LogP contribution is 2.28. The largest absolute Gasteiger partial charge is 0.357 e. The zero-order valence-electron chi connectivity index (χ0n) is 17.8. The summed E-state index contributed by atoms with van der Waals surface area (Å²) in [5.74, 6) is -0.106. The minimum atomic E-state index is -0.574. The van der Waals surface area contributed by atoms with E-state index in [9.17, 15) is 13.6 Å². The zero-order chi connectivity index (χ0) is 20.8. The summed E-state index contributed by atoms with van der Waals surface area (Å²) in [4.78, 5) is 19.2. The number of halogens is 3. The molecule has 0 spiro atoms. The molecule has 30 heavy (non-hydrogen) atoms. The lowest BCUT2D eigenvalue weighted by Gasteiger charge is -2.21. The van der Waals surface area contributed by atoms with Crippen molar-refractivity contribution in [2.45, 2.75) is 57.9 Å². The van der Waals surface area contributed by atoms with Crippen molar-refractivity contribution in [1.82, 2.24) is 15.5 Å². The molecule has 2 fully saturated rings. The summed E-state index contributed by atoms with van der Waals surface area (Å²) < 4.78 is 27.1. The van der Waals surface area contributed by atoms with Crippen molar-refractivity contribution in [3.8, 4) is 0 Å². The molecule has 0 bridgehead atoms. The quantitative estimate of drug-likeness (QED) is 0.329. The Balaban J connectivity index is 0.00000320. The Morgan fingerprint density at radius 1 is 1.27 bits per heavy atom. The molecule has 8 heteroatoms. The highest BCUT2D eigenvalue weighted by molar-refractivity contribution is 14.0. The molecule has 5 nitrogen and oxygen atoms in total. The number of hydrogen-bond acceptors (Lipinski definition) is 2. The number of hydrogen-bond donors (Lipinski definition) is 2. The van der Waals surface area contributed by atoms with Crippen LogP contribution in [-0.4, -0.2) is 49.0 Å². The summed E-state index contributed by atoms with van der Waals surface area (Å²) in [5, 5.41) is 6.64. The van der Waals surface area contributed by atoms with Crippen LogP contribution in [0, 0.1) is 17.6 Å². The lowest BCUT2D eigenvalue weighted by Crippen LogP contribution is -2.45. The van der Waals surface area contributed by atoms with Gasteiger partial charge in [0.25, 0.3) is 0 Å². The fourth-order valence-corrected chi connectivity index (χ4v) is 4.25. The van der Waals surface area contributed by atoms with E-state index in [2.05, 4.69) is 15.6 Å². The maximum absolute atomic E-state index is 14.0. The first-order valence-corrected chi connectivity index (χ1v) is 10.8. The highest BCUT2D eigenvalue weighted by Gasteiger charge is 2.32. The van der Waals surface area contributed by atoms with Gasteiger partial charge in [-0.2, -0.15) is 0 Å². The van der Waals surface area contributed by atoms with Crippen LogP contribution in [0.5, 0.6) is 0 Å². The standard InChI is InChI=1S/C22H32F2N4O.HI/c1-3-25-22(26-13-15(2)19-9-8-17(23)12-20(19)24)27-18-10-11-28(14-18)21(29)16-6-4-5-7-16;/h8-9,12,15-16,18H,3-7,10-11,13-14H2,1-2H3,(H2,25,26,27);1H. The Labute approximate surface area is 195 Å². The predicted molar refractivity (Wildman–Crippen MR) is 126 cm³/mol. The number of aliphatic imine (C=N–C) groups is 1. The van der Waals surface area contributed by atoms with Crippen LogP contribution < -0.4 is 10.6 Å². The summed E-state index contributed by atoms with van der Waals surface area (Å²) in [7, 11) is 0. The van der Waals surface area contributed by atoms with E-state index in [0.29, 0.717) is 37.1 Å². The second-order valence-electron chi connectivity index (χ2n) is 8.18. The molecule has 2 atom stereocenters. The molecule has 0 radical (unpaired) electrons. The fraction of sp³-hybridized carbons (Fsp3) is 0.636. The number of carbonyl (C=O) groups is 1. The van der Waals surface area contributed by atoms with Crippen LogP contribution >= 0.6 is 24.0 Å². The maximum Gasteiger partial charge on any atom is 0.225 e. The first-order valence-electron chi connectivity index (χ1n) is 10.8. The van der Waals surface area contributed by atoms with Crippen molar-refractivity contribution >= 4 is 35.8 Å². The van der Waals surface area contributed by atoms with E-state index < -0.39 is 11.6 Å². The number of nitrogens with zero attached hydrogens (tertiary/aromatic N) is 2. The molecule has 1 saturated carbocycles. The van der Waals surface area contributed by atoms with E-state index in [4.69, 9.17) is 0 Å². The molecule has 168 valence electrons. The van der Waals surface area contributed by atoms with E-state index >= 15 is 0 Å². The molecular formula is C22H33F2IN4O. The third-order valence-electron chi connectivity index (χ3n) is 5.91. The molecule has 1 amide bonds. The van der Waals surface area contributed by atoms with Crippen LogP contribution in [-0.2, 0) is 4.79 Å². The van der Waals surface area contributed by atoms with Crippen LogP contribution in [0.25, 0.3) is 0 Å². The van der Waals surface area contributed by atoms with Gasteiger partial charge in [-0.1, -0.05) is 25.8 Å². The van der Waals surface area contributed by atoms with Gasteiger partial charge in [0.2, 0.25) is 5.91 Å². The topological polar surface area (TPSA) is 56.7 Å². The van der Waals surface area contributed by atoms with Gasteiger partial charge >= 0.3 is 0 Å². The van der Waals surface area contributed by atoms with E-state index in [0.717, 1.165) is 44.7 Å². The fourth-order valence-electron chi connectivity index (χ4n) is 4.25. The van der Waals surface area contributed by atoms with Crippen molar-refractivity contribution in [2.75, 3.05) is 26.2 Å². The molecule has 2 aliphatic rings. The van der Waals surface area contributed by atoms with Crippen LogP contribution in [0.1, 0.15) is 57.4 Å². The number of guanidine groups is 1. The summed E-state index contributed by atoms with van der Waals surface area (Å²) in [6, 6.07) is 3.83. The van der Waals surface area contributed by atoms with Gasteiger partial charge < -0.3 is 15.5 Å². The molecular weight excluding hydrogens is 501 g/mol. The Morgan fingerprint density at radius 2 is 2.00 bits per heavy atom. The first-order chi connectivity index (χ1) is 14.0. The van der Waals surface area contributed by atoms with E-state index in [1.54, 1.807) is 0 Å². The molecule has 1 heterocycles. The minimum absolute atomic E-state index is 0. The smallest absolute Gasteiger partial charge is 0.225 e. The van der Waals surface area contributed by atoms with Gasteiger partial charge in [-0.05, 0) is 37.8 Å². The van der Waals surface area contributed by atoms with E-state index in [-0.39, 0.29) is 41.9 Å². The van der Waals surface area contributed by atoms with E-state index in [1.807, 2.05) is 18.7 Å². The molecule has 1 aromatic carbocycles. The third kappa shape index (κ3) is 6.52. The van der Waals surface area contributed by atoms with Gasteiger partial charge in [-0.15, -0.1) is 24.0 Å². The van der Waals surface area contributed by atoms with Crippen molar-refractivity contribution in [3.05, 3.63) is 35.4 Å². The van der Waals surface area contributed by atoms with Crippen LogP contribution in [0.3, 0.4) is 0 Å². The van der Waals surface area contributed by atoms with Crippen LogP contribution in [0.4, 0.5) is 8.78 Å². The number of rotatable bonds is 6. The van der Waals surface area contributed by atoms with Crippen LogP contribution in [0.2, 0.25) is 0 Å². The molecule has 2 unspecified atom stereocenters. The Bertz CT molecular complexity index is 740. The second-order valence-corrected chi connectivity index (χ2v) is 8.18. The van der Waals surface area contributed by atoms with Crippen molar-refractivity contribution in [3.63, 3.8) is 0 Å². The third-order valence-corrected chi connectivity index (χ3v) is 5.91. The molecule has 1 aliphatic heterocycles. The van der Waals surface area contributed by atoms with Gasteiger partial charge in [0.15, 0.2) is 5.96 Å². The summed E-state index contributed by atoms with van der Waals surface area (Å²) in [6.45, 7) is 6.44. The van der Waals surface area contributed by atoms with Gasteiger partial charge in [-0.3, -0.25) is 9.79 Å². The Kier molecular flexibility index (Phi) is 9.77. The number of nitrogens with one attached hydrogen (secondary N) is 2. The minimum Gasteiger partial charge on any atom is -0.357 e. The molecule has 1 aromatic rings. The number of likely N-dealkylation sites (tertiary alicyclic amines) is 1. The summed E-state index contributed by atoms with van der Waals surface area (Å²) in [6.07, 6.45) is 5.27. The lowest BCUT2D eigenvalue weighted by atomic mass is 10.0. The average molecular weight is 534 g/mol. The lowest BCUT2D eigenvalue weighted by molar-refractivity contribution is -0.134. The zero-order valence-corrected chi connectivity index (χ0v) is 20.1. The van der Waals surface area contributed by atoms with Crippen molar-refractivity contribution < 1.29 is 13.6 Å². The molecule has 2 N–H and O–H groups in total. The predicted octanol–water partition coefficient (Wildman–Crippen LogP) is 4.03. The van der Waals surface area contributed by atoms with Gasteiger partial charge in [0.1, 0.15) is 11.6 Å². The highest BCUT2D eigenvalue weighted by atomic mass is 127. The first kappa shape index (κ1) is 24.8. The summed E-state index contributed by atoms with van der Waals surface area (Å²) in [5.41, 5.74) is 0.459. The van der Waals surface area contributed by atoms with Gasteiger partial charge in [-0.25, -0.2) is 8.78 Å². The summed E-state index contributed by atoms with van der Waals surface area (Å²) >= 11 is 0. The Morgan fingerprint density at radius 3 is 2.67 bits per heavy atom. The molecule has 1 saturated heterocycles. The number of carbonyl (C=O) groups excluding carboxylic acids is 1. The normalized spacial score (nSPS) is 20.7. The maximum atomic E-state index is 14.0. The SMILES string of the molecule is CCNC(=NCC(C)c1ccc(F)cc1F)NC1CCN(C(=O)C2CCCC2)C1.I. The second kappa shape index (κ2) is 11.8. The molecule has 1 aliphatic carbocycles. The molecule has 3 rings (SSSR count). The molecule has 0 aromatic heterocycles. The van der Waals surface area contributed by atoms with Gasteiger partial charge in [0, 0.05) is 50.1 Å². The number of benzene rings is 1. The van der Waals surface area contributed by atoms with Gasteiger partial charge in [0.05, 0.1) is 0 Å². The number of amides is 1. The van der Waals surface area contributed by atoms with Crippen molar-refractivity contribution in [2.24, 2.45) is 10.9 Å².